The number of aryl methyl sites for hydroxylation is 1. The molecule has 0 amide bonds. The van der Waals surface area contributed by atoms with Gasteiger partial charge < -0.3 is 5.32 Å². The van der Waals surface area contributed by atoms with Gasteiger partial charge in [-0.15, -0.1) is 11.3 Å². The van der Waals surface area contributed by atoms with E-state index >= 15 is 0 Å². The highest BCUT2D eigenvalue weighted by molar-refractivity contribution is 7.11. The van der Waals surface area contributed by atoms with E-state index < -0.39 is 0 Å². The van der Waals surface area contributed by atoms with Crippen molar-refractivity contribution in [1.29, 1.82) is 0 Å². The molecule has 1 N–H and O–H groups in total. The summed E-state index contributed by atoms with van der Waals surface area (Å²) in [6.07, 6.45) is 9.04. The quantitative estimate of drug-likeness (QED) is 0.724. The van der Waals surface area contributed by atoms with Crippen molar-refractivity contribution in [3.05, 3.63) is 15.6 Å². The van der Waals surface area contributed by atoms with Crippen molar-refractivity contribution in [3.8, 4) is 0 Å². The molecule has 0 aromatic carbocycles. The summed E-state index contributed by atoms with van der Waals surface area (Å²) < 4.78 is 0. The normalized spacial score (nSPS) is 23.1. The van der Waals surface area contributed by atoms with Gasteiger partial charge in [-0.2, -0.15) is 0 Å². The van der Waals surface area contributed by atoms with Crippen LogP contribution in [-0.2, 0) is 13.0 Å². The van der Waals surface area contributed by atoms with Crippen molar-refractivity contribution in [3.63, 3.8) is 0 Å². The lowest BCUT2D eigenvalue weighted by Gasteiger charge is -2.24. The molecule has 1 saturated carbocycles. The molecule has 1 aliphatic rings. The van der Waals surface area contributed by atoms with Crippen LogP contribution in [0.1, 0.15) is 80.8 Å². The Kier molecular flexibility index (Phi) is 6.50. The number of nitrogens with zero attached hydrogens (tertiary/aromatic N) is 1. The molecule has 2 atom stereocenters. The molecule has 0 radical (unpaired) electrons. The van der Waals surface area contributed by atoms with Gasteiger partial charge in [0.25, 0.3) is 0 Å². The number of hydrogen-bond donors (Lipinski definition) is 1. The van der Waals surface area contributed by atoms with Crippen LogP contribution in [-0.4, -0.2) is 11.5 Å². The van der Waals surface area contributed by atoms with E-state index in [9.17, 15) is 0 Å². The molecule has 114 valence electrons. The molecule has 2 rings (SSSR count). The molecule has 0 aliphatic heterocycles. The van der Waals surface area contributed by atoms with E-state index in [0.717, 1.165) is 31.3 Å². The topological polar surface area (TPSA) is 24.9 Å². The highest BCUT2D eigenvalue weighted by Gasteiger charge is 2.24. The first-order valence-electron chi connectivity index (χ1n) is 8.43. The van der Waals surface area contributed by atoms with Crippen LogP contribution >= 0.6 is 11.3 Å². The Morgan fingerprint density at radius 3 is 2.80 bits per heavy atom. The fourth-order valence-corrected chi connectivity index (χ4v) is 4.41. The van der Waals surface area contributed by atoms with Crippen LogP contribution in [0, 0.1) is 5.92 Å². The monoisotopic (exact) mass is 294 g/mol. The summed E-state index contributed by atoms with van der Waals surface area (Å²) in [5.74, 6) is 1.62. The van der Waals surface area contributed by atoms with E-state index in [-0.39, 0.29) is 0 Å². The maximum absolute atomic E-state index is 5.02. The Bertz CT molecular complexity index is 400. The zero-order chi connectivity index (χ0) is 14.4. The predicted molar refractivity (Wildman–Crippen MR) is 88.5 cm³/mol. The van der Waals surface area contributed by atoms with Crippen LogP contribution < -0.4 is 5.32 Å². The fraction of sp³-hybridized carbons (Fsp3) is 0.824. The van der Waals surface area contributed by atoms with E-state index in [1.807, 2.05) is 11.3 Å². The molecule has 0 bridgehead atoms. The van der Waals surface area contributed by atoms with E-state index in [2.05, 4.69) is 26.1 Å². The van der Waals surface area contributed by atoms with Crippen LogP contribution in [0.15, 0.2) is 0 Å². The van der Waals surface area contributed by atoms with Crippen molar-refractivity contribution in [2.75, 3.05) is 6.54 Å². The van der Waals surface area contributed by atoms with Crippen LogP contribution in [0.5, 0.6) is 0 Å². The Balaban J connectivity index is 2.06. The van der Waals surface area contributed by atoms with Crippen LogP contribution in [0.4, 0.5) is 0 Å². The Labute approximate surface area is 128 Å². The number of rotatable bonds is 7. The lowest BCUT2D eigenvalue weighted by Crippen LogP contribution is -2.13. The summed E-state index contributed by atoms with van der Waals surface area (Å²) in [4.78, 5) is 6.51. The largest absolute Gasteiger partial charge is 0.312 e. The zero-order valence-electron chi connectivity index (χ0n) is 13.4. The van der Waals surface area contributed by atoms with Crippen molar-refractivity contribution in [1.82, 2.24) is 10.3 Å². The maximum Gasteiger partial charge on any atom is 0.0962 e. The molecule has 3 heteroatoms. The standard InChI is InChI=1S/C17H30N2S/c1-4-7-15-16(12-18-10-5-2)20-17(19-15)14-9-6-8-13(3)11-14/h13-14,18H,4-12H2,1-3H3. The fourth-order valence-electron chi connectivity index (χ4n) is 3.19. The van der Waals surface area contributed by atoms with Gasteiger partial charge in [0.2, 0.25) is 0 Å². The molecular weight excluding hydrogens is 264 g/mol. The minimum atomic E-state index is 0.735. The lowest BCUT2D eigenvalue weighted by molar-refractivity contribution is 0.343. The summed E-state index contributed by atoms with van der Waals surface area (Å²) in [5.41, 5.74) is 1.37. The summed E-state index contributed by atoms with van der Waals surface area (Å²) in [6, 6.07) is 0. The summed E-state index contributed by atoms with van der Waals surface area (Å²) >= 11 is 1.98. The van der Waals surface area contributed by atoms with Gasteiger partial charge >= 0.3 is 0 Å². The number of aromatic nitrogens is 1. The SMILES string of the molecule is CCCNCc1sc(C2CCCC(C)C2)nc1CCC. The molecule has 1 heterocycles. The average Bonchev–Trinajstić information content (AvgIpc) is 2.83. The minimum Gasteiger partial charge on any atom is -0.312 e. The first-order valence-corrected chi connectivity index (χ1v) is 9.25. The van der Waals surface area contributed by atoms with Crippen LogP contribution in [0.3, 0.4) is 0 Å². The Morgan fingerprint density at radius 1 is 1.25 bits per heavy atom. The predicted octanol–water partition coefficient (Wildman–Crippen LogP) is 4.89. The average molecular weight is 295 g/mol. The van der Waals surface area contributed by atoms with Crippen molar-refractivity contribution >= 4 is 11.3 Å². The number of nitrogens with one attached hydrogen (secondary N) is 1. The van der Waals surface area contributed by atoms with Gasteiger partial charge in [-0.3, -0.25) is 0 Å². The van der Waals surface area contributed by atoms with Crippen molar-refractivity contribution in [2.45, 2.75) is 78.2 Å². The second kappa shape index (κ2) is 8.14. The maximum atomic E-state index is 5.02. The van der Waals surface area contributed by atoms with Gasteiger partial charge in [-0.05, 0) is 38.1 Å². The number of hydrogen-bond acceptors (Lipinski definition) is 3. The lowest BCUT2D eigenvalue weighted by atomic mass is 9.83. The second-order valence-electron chi connectivity index (χ2n) is 6.32. The summed E-state index contributed by atoms with van der Waals surface area (Å²) in [6.45, 7) is 9.01. The Hall–Kier alpha value is -0.410. The van der Waals surface area contributed by atoms with Gasteiger partial charge in [0, 0.05) is 17.3 Å². The molecule has 2 nitrogen and oxygen atoms in total. The minimum absolute atomic E-state index is 0.735. The first-order chi connectivity index (χ1) is 9.74. The molecule has 20 heavy (non-hydrogen) atoms. The zero-order valence-corrected chi connectivity index (χ0v) is 14.2. The molecule has 1 aromatic heterocycles. The van der Waals surface area contributed by atoms with Gasteiger partial charge in [0.15, 0.2) is 0 Å². The van der Waals surface area contributed by atoms with Crippen molar-refractivity contribution < 1.29 is 0 Å². The number of thiazole rings is 1. The Morgan fingerprint density at radius 2 is 2.10 bits per heavy atom. The molecule has 1 fully saturated rings. The smallest absolute Gasteiger partial charge is 0.0962 e. The first kappa shape index (κ1) is 16.0. The second-order valence-corrected chi connectivity index (χ2v) is 7.43. The van der Waals surface area contributed by atoms with E-state index in [4.69, 9.17) is 4.98 Å². The molecule has 0 saturated heterocycles. The molecular formula is C17H30N2S. The van der Waals surface area contributed by atoms with E-state index in [1.54, 1.807) is 0 Å². The van der Waals surface area contributed by atoms with Gasteiger partial charge in [0.1, 0.15) is 0 Å². The molecule has 2 unspecified atom stereocenters. The molecule has 1 aromatic rings. The third-order valence-electron chi connectivity index (χ3n) is 4.28. The van der Waals surface area contributed by atoms with E-state index in [0.29, 0.717) is 0 Å². The third-order valence-corrected chi connectivity index (χ3v) is 5.54. The van der Waals surface area contributed by atoms with Crippen LogP contribution in [0.2, 0.25) is 0 Å². The van der Waals surface area contributed by atoms with Gasteiger partial charge in [-0.25, -0.2) is 4.98 Å². The van der Waals surface area contributed by atoms with Crippen molar-refractivity contribution in [2.24, 2.45) is 5.92 Å². The highest BCUT2D eigenvalue weighted by Crippen LogP contribution is 2.38. The summed E-state index contributed by atoms with van der Waals surface area (Å²) in [5, 5.41) is 4.97. The van der Waals surface area contributed by atoms with E-state index in [1.165, 1.54) is 54.1 Å². The van der Waals surface area contributed by atoms with Crippen LogP contribution in [0.25, 0.3) is 0 Å². The molecule has 1 aliphatic carbocycles. The molecule has 0 spiro atoms. The highest BCUT2D eigenvalue weighted by atomic mass is 32.1. The van der Waals surface area contributed by atoms with Gasteiger partial charge in [0.05, 0.1) is 10.7 Å². The third kappa shape index (κ3) is 4.29. The summed E-state index contributed by atoms with van der Waals surface area (Å²) in [7, 11) is 0. The van der Waals surface area contributed by atoms with Gasteiger partial charge in [-0.1, -0.05) is 40.0 Å².